The van der Waals surface area contributed by atoms with Gasteiger partial charge in [-0.05, 0) is 23.8 Å². The molecule has 1 aromatic heterocycles. The van der Waals surface area contributed by atoms with Gasteiger partial charge in [-0.25, -0.2) is 0 Å². The number of rotatable bonds is 2. The van der Waals surface area contributed by atoms with Crippen LogP contribution in [-0.2, 0) is 10.2 Å². The van der Waals surface area contributed by atoms with Crippen LogP contribution in [0.1, 0.15) is 59.1 Å². The first kappa shape index (κ1) is 15.1. The maximum absolute atomic E-state index is 12.0. The molecule has 0 N–H and O–H groups in total. The lowest BCUT2D eigenvalue weighted by Gasteiger charge is -2.33. The first-order chi connectivity index (χ1) is 9.29. The van der Waals surface area contributed by atoms with E-state index in [0.717, 1.165) is 25.9 Å². The fourth-order valence-corrected chi connectivity index (χ4v) is 2.64. The van der Waals surface area contributed by atoms with E-state index >= 15 is 0 Å². The zero-order valence-electron chi connectivity index (χ0n) is 13.4. The molecule has 0 saturated carbocycles. The van der Waals surface area contributed by atoms with Crippen LogP contribution in [0, 0.1) is 5.92 Å². The molecular weight excluding hydrogens is 250 g/mol. The Morgan fingerprint density at radius 2 is 1.90 bits per heavy atom. The molecule has 0 radical (unpaired) electrons. The Morgan fingerprint density at radius 3 is 2.35 bits per heavy atom. The Balaban J connectivity index is 1.97. The van der Waals surface area contributed by atoms with Gasteiger partial charge in [0, 0.05) is 25.2 Å². The number of hydrogen-bond acceptors (Lipinski definition) is 2. The highest BCUT2D eigenvalue weighted by Crippen LogP contribution is 2.26. The lowest BCUT2D eigenvalue weighted by Crippen LogP contribution is -2.41. The summed E-state index contributed by atoms with van der Waals surface area (Å²) in [5.74, 6) is 0.378. The molecule has 20 heavy (non-hydrogen) atoms. The quantitative estimate of drug-likeness (QED) is 0.833. The average molecular weight is 277 g/mol. The molecule has 0 bridgehead atoms. The summed E-state index contributed by atoms with van der Waals surface area (Å²) in [6, 6.07) is 0.433. The average Bonchev–Trinajstić information content (AvgIpc) is 2.87. The smallest absolute Gasteiger partial charge is 0.225 e. The third kappa shape index (κ3) is 3.22. The first-order valence-corrected chi connectivity index (χ1v) is 7.62. The standard InChI is InChI=1S/C16H27N3O/c1-12(2)15(20)18-8-6-14(7-9-18)19-11-13(10-17-19)16(3,4)5/h10-12,14H,6-9H2,1-5H3. The number of aromatic nitrogens is 2. The molecule has 0 aromatic carbocycles. The van der Waals surface area contributed by atoms with Crippen molar-refractivity contribution in [3.63, 3.8) is 0 Å². The molecule has 0 aliphatic carbocycles. The Labute approximate surface area is 122 Å². The third-order valence-corrected chi connectivity index (χ3v) is 4.11. The molecule has 1 aliphatic rings. The third-order valence-electron chi connectivity index (χ3n) is 4.11. The molecule has 1 aromatic rings. The highest BCUT2D eigenvalue weighted by molar-refractivity contribution is 5.78. The number of carbonyl (C=O) groups excluding carboxylic acids is 1. The monoisotopic (exact) mass is 277 g/mol. The molecular formula is C16H27N3O. The van der Waals surface area contributed by atoms with Crippen molar-refractivity contribution in [2.24, 2.45) is 5.92 Å². The van der Waals surface area contributed by atoms with Gasteiger partial charge in [0.05, 0.1) is 12.2 Å². The minimum atomic E-state index is 0.101. The summed E-state index contributed by atoms with van der Waals surface area (Å²) in [5, 5.41) is 4.52. The van der Waals surface area contributed by atoms with Gasteiger partial charge in [0.2, 0.25) is 5.91 Å². The Hall–Kier alpha value is -1.32. The van der Waals surface area contributed by atoms with Gasteiger partial charge in [-0.2, -0.15) is 5.10 Å². The lowest BCUT2D eigenvalue weighted by molar-refractivity contribution is -0.135. The molecule has 1 saturated heterocycles. The van der Waals surface area contributed by atoms with E-state index in [1.165, 1.54) is 5.56 Å². The normalized spacial score (nSPS) is 17.8. The van der Waals surface area contributed by atoms with Gasteiger partial charge in [-0.1, -0.05) is 34.6 Å². The molecule has 0 unspecified atom stereocenters. The van der Waals surface area contributed by atoms with Crippen molar-refractivity contribution in [3.8, 4) is 0 Å². The van der Waals surface area contributed by atoms with Crippen LogP contribution in [0.15, 0.2) is 12.4 Å². The van der Waals surface area contributed by atoms with Crippen LogP contribution in [0.2, 0.25) is 0 Å². The van der Waals surface area contributed by atoms with E-state index in [1.54, 1.807) is 0 Å². The van der Waals surface area contributed by atoms with Crippen molar-refractivity contribution in [1.29, 1.82) is 0 Å². The summed E-state index contributed by atoms with van der Waals surface area (Å²) in [6.45, 7) is 12.3. The summed E-state index contributed by atoms with van der Waals surface area (Å²) in [5.41, 5.74) is 1.42. The first-order valence-electron chi connectivity index (χ1n) is 7.62. The van der Waals surface area contributed by atoms with Crippen LogP contribution >= 0.6 is 0 Å². The van der Waals surface area contributed by atoms with Crippen LogP contribution < -0.4 is 0 Å². The molecule has 2 rings (SSSR count). The Morgan fingerprint density at radius 1 is 1.30 bits per heavy atom. The second-order valence-electron chi connectivity index (χ2n) is 7.17. The van der Waals surface area contributed by atoms with E-state index in [2.05, 4.69) is 36.7 Å². The van der Waals surface area contributed by atoms with E-state index < -0.39 is 0 Å². The Bertz CT molecular complexity index is 462. The molecule has 0 atom stereocenters. The molecule has 4 heteroatoms. The van der Waals surface area contributed by atoms with Crippen LogP contribution in [-0.4, -0.2) is 33.7 Å². The van der Waals surface area contributed by atoms with Crippen molar-refractivity contribution in [3.05, 3.63) is 18.0 Å². The zero-order chi connectivity index (χ0) is 14.9. The molecule has 4 nitrogen and oxygen atoms in total. The van der Waals surface area contributed by atoms with Gasteiger partial charge < -0.3 is 4.90 Å². The number of amides is 1. The van der Waals surface area contributed by atoms with Crippen molar-refractivity contribution in [2.75, 3.05) is 13.1 Å². The largest absolute Gasteiger partial charge is 0.342 e. The minimum absolute atomic E-state index is 0.101. The van der Waals surface area contributed by atoms with E-state index in [1.807, 2.05) is 24.9 Å². The highest BCUT2D eigenvalue weighted by atomic mass is 16.2. The zero-order valence-corrected chi connectivity index (χ0v) is 13.4. The molecule has 1 amide bonds. The predicted molar refractivity (Wildman–Crippen MR) is 80.6 cm³/mol. The van der Waals surface area contributed by atoms with E-state index in [9.17, 15) is 4.79 Å². The molecule has 2 heterocycles. The van der Waals surface area contributed by atoms with Crippen molar-refractivity contribution < 1.29 is 4.79 Å². The molecule has 1 aliphatic heterocycles. The number of likely N-dealkylation sites (tertiary alicyclic amines) is 1. The van der Waals surface area contributed by atoms with E-state index in [-0.39, 0.29) is 17.2 Å². The molecule has 1 fully saturated rings. The fourth-order valence-electron chi connectivity index (χ4n) is 2.64. The number of piperidine rings is 1. The van der Waals surface area contributed by atoms with Gasteiger partial charge >= 0.3 is 0 Å². The second kappa shape index (κ2) is 5.58. The summed E-state index contributed by atoms with van der Waals surface area (Å²) in [6.07, 6.45) is 6.16. The highest BCUT2D eigenvalue weighted by Gasteiger charge is 2.26. The van der Waals surface area contributed by atoms with Crippen molar-refractivity contribution >= 4 is 5.91 Å². The summed E-state index contributed by atoms with van der Waals surface area (Å²) in [7, 11) is 0. The maximum Gasteiger partial charge on any atom is 0.225 e. The number of carbonyl (C=O) groups is 1. The van der Waals surface area contributed by atoms with Crippen LogP contribution in [0.3, 0.4) is 0 Å². The molecule has 0 spiro atoms. The number of hydrogen-bond donors (Lipinski definition) is 0. The Kier molecular flexibility index (Phi) is 4.21. The number of nitrogens with zero attached hydrogens (tertiary/aromatic N) is 3. The van der Waals surface area contributed by atoms with Crippen LogP contribution in [0.4, 0.5) is 0 Å². The predicted octanol–water partition coefficient (Wildman–Crippen LogP) is 3.00. The van der Waals surface area contributed by atoms with E-state index in [0.29, 0.717) is 6.04 Å². The van der Waals surface area contributed by atoms with Crippen LogP contribution in [0.25, 0.3) is 0 Å². The van der Waals surface area contributed by atoms with Gasteiger partial charge in [-0.15, -0.1) is 0 Å². The lowest BCUT2D eigenvalue weighted by atomic mass is 9.90. The summed E-state index contributed by atoms with van der Waals surface area (Å²) in [4.78, 5) is 14.0. The van der Waals surface area contributed by atoms with Gasteiger partial charge in [-0.3, -0.25) is 9.48 Å². The van der Waals surface area contributed by atoms with Crippen LogP contribution in [0.5, 0.6) is 0 Å². The fraction of sp³-hybridized carbons (Fsp3) is 0.750. The van der Waals surface area contributed by atoms with Crippen molar-refractivity contribution in [1.82, 2.24) is 14.7 Å². The van der Waals surface area contributed by atoms with Gasteiger partial charge in [0.25, 0.3) is 0 Å². The van der Waals surface area contributed by atoms with Gasteiger partial charge in [0.1, 0.15) is 0 Å². The summed E-state index contributed by atoms with van der Waals surface area (Å²) >= 11 is 0. The minimum Gasteiger partial charge on any atom is -0.342 e. The summed E-state index contributed by atoms with van der Waals surface area (Å²) < 4.78 is 2.10. The van der Waals surface area contributed by atoms with Gasteiger partial charge in [0.15, 0.2) is 0 Å². The SMILES string of the molecule is CC(C)C(=O)N1CCC(n2cc(C(C)(C)C)cn2)CC1. The topological polar surface area (TPSA) is 38.1 Å². The molecule has 112 valence electrons. The maximum atomic E-state index is 12.0. The second-order valence-corrected chi connectivity index (χ2v) is 7.17. The van der Waals surface area contributed by atoms with Crippen molar-refractivity contribution in [2.45, 2.75) is 58.9 Å². The van der Waals surface area contributed by atoms with E-state index in [4.69, 9.17) is 0 Å².